The van der Waals surface area contributed by atoms with Crippen molar-refractivity contribution >= 4 is 17.2 Å². The second kappa shape index (κ2) is 8.49. The van der Waals surface area contributed by atoms with E-state index in [0.717, 1.165) is 27.8 Å². The van der Waals surface area contributed by atoms with Gasteiger partial charge < -0.3 is 14.8 Å². The fourth-order valence-electron chi connectivity index (χ4n) is 2.40. The van der Waals surface area contributed by atoms with Crippen LogP contribution in [0.1, 0.15) is 15.4 Å². The predicted octanol–water partition coefficient (Wildman–Crippen LogP) is 3.94. The third kappa shape index (κ3) is 4.40. The Morgan fingerprint density at radius 2 is 1.77 bits per heavy atom. The molecule has 0 bridgehead atoms. The van der Waals surface area contributed by atoms with Crippen LogP contribution in [0.3, 0.4) is 0 Å². The first-order valence-corrected chi connectivity index (χ1v) is 9.07. The zero-order valence-electron chi connectivity index (χ0n) is 14.7. The van der Waals surface area contributed by atoms with Crippen LogP contribution in [0.2, 0.25) is 0 Å². The maximum absolute atomic E-state index is 12.4. The van der Waals surface area contributed by atoms with Crippen LogP contribution >= 0.6 is 11.3 Å². The quantitative estimate of drug-likeness (QED) is 0.642. The molecule has 1 heterocycles. The van der Waals surface area contributed by atoms with Crippen molar-refractivity contribution in [2.45, 2.75) is 6.92 Å². The molecule has 0 aliphatic rings. The van der Waals surface area contributed by atoms with E-state index in [0.29, 0.717) is 18.0 Å². The van der Waals surface area contributed by atoms with Crippen LogP contribution in [0.4, 0.5) is 0 Å². The Hall–Kier alpha value is -2.86. The molecule has 0 aliphatic heterocycles. The molecule has 5 nitrogen and oxygen atoms in total. The van der Waals surface area contributed by atoms with Gasteiger partial charge in [0.1, 0.15) is 28.0 Å². The van der Waals surface area contributed by atoms with E-state index in [4.69, 9.17) is 9.47 Å². The zero-order chi connectivity index (χ0) is 18.4. The molecule has 0 saturated carbocycles. The van der Waals surface area contributed by atoms with Crippen molar-refractivity contribution in [3.63, 3.8) is 0 Å². The first kappa shape index (κ1) is 17.9. The number of hydrogen-bond acceptors (Lipinski definition) is 5. The molecular weight excluding hydrogens is 348 g/mol. The summed E-state index contributed by atoms with van der Waals surface area (Å²) in [5, 5.41) is 3.73. The highest BCUT2D eigenvalue weighted by Crippen LogP contribution is 2.27. The monoisotopic (exact) mass is 368 g/mol. The number of aryl methyl sites for hydroxylation is 1. The van der Waals surface area contributed by atoms with Crippen molar-refractivity contribution in [2.75, 3.05) is 20.3 Å². The predicted molar refractivity (Wildman–Crippen MR) is 103 cm³/mol. The first-order chi connectivity index (χ1) is 12.7. The Morgan fingerprint density at radius 1 is 1.08 bits per heavy atom. The summed E-state index contributed by atoms with van der Waals surface area (Å²) in [4.78, 5) is 17.5. The number of methoxy groups -OCH3 is 1. The molecule has 0 unspecified atom stereocenters. The minimum Gasteiger partial charge on any atom is -0.497 e. The third-order valence-corrected chi connectivity index (χ3v) is 4.94. The van der Waals surface area contributed by atoms with Gasteiger partial charge in [-0.2, -0.15) is 0 Å². The van der Waals surface area contributed by atoms with Crippen molar-refractivity contribution in [1.29, 1.82) is 0 Å². The molecule has 0 radical (unpaired) electrons. The molecule has 1 N–H and O–H groups in total. The molecule has 2 aromatic carbocycles. The summed E-state index contributed by atoms with van der Waals surface area (Å²) in [5.41, 5.74) is 1.75. The molecule has 0 fully saturated rings. The van der Waals surface area contributed by atoms with E-state index in [-0.39, 0.29) is 5.91 Å². The van der Waals surface area contributed by atoms with Crippen LogP contribution in [0.5, 0.6) is 11.5 Å². The summed E-state index contributed by atoms with van der Waals surface area (Å²) in [6.07, 6.45) is 0. The highest BCUT2D eigenvalue weighted by molar-refractivity contribution is 7.17. The number of nitrogens with one attached hydrogen (secondary N) is 1. The summed E-state index contributed by atoms with van der Waals surface area (Å²) in [6, 6.07) is 17.2. The smallest absolute Gasteiger partial charge is 0.263 e. The summed E-state index contributed by atoms with van der Waals surface area (Å²) in [7, 11) is 1.62. The van der Waals surface area contributed by atoms with Crippen LogP contribution < -0.4 is 14.8 Å². The lowest BCUT2D eigenvalue weighted by molar-refractivity contribution is 0.0950. The Balaban J connectivity index is 1.52. The molecule has 0 aliphatic carbocycles. The van der Waals surface area contributed by atoms with Crippen LogP contribution in [0.15, 0.2) is 54.6 Å². The Bertz CT molecular complexity index is 861. The van der Waals surface area contributed by atoms with Gasteiger partial charge in [0.15, 0.2) is 0 Å². The lowest BCUT2D eigenvalue weighted by Gasteiger charge is -2.08. The lowest BCUT2D eigenvalue weighted by atomic mass is 10.2. The van der Waals surface area contributed by atoms with E-state index in [2.05, 4.69) is 10.3 Å². The molecule has 26 heavy (non-hydrogen) atoms. The third-order valence-electron chi connectivity index (χ3n) is 3.74. The summed E-state index contributed by atoms with van der Waals surface area (Å²) < 4.78 is 10.7. The maximum atomic E-state index is 12.4. The van der Waals surface area contributed by atoms with Gasteiger partial charge in [-0.1, -0.05) is 30.3 Å². The van der Waals surface area contributed by atoms with E-state index >= 15 is 0 Å². The summed E-state index contributed by atoms with van der Waals surface area (Å²) in [6.45, 7) is 2.66. The molecular formula is C20H20N2O3S. The number of nitrogens with zero attached hydrogens (tertiary/aromatic N) is 1. The fourth-order valence-corrected chi connectivity index (χ4v) is 3.39. The van der Waals surface area contributed by atoms with Gasteiger partial charge in [-0.15, -0.1) is 11.3 Å². The topological polar surface area (TPSA) is 60.5 Å². The highest BCUT2D eigenvalue weighted by atomic mass is 32.1. The molecule has 6 heteroatoms. The Labute approximate surface area is 156 Å². The normalized spacial score (nSPS) is 10.4. The van der Waals surface area contributed by atoms with Gasteiger partial charge in [-0.05, 0) is 31.2 Å². The van der Waals surface area contributed by atoms with Crippen LogP contribution in [0, 0.1) is 6.92 Å². The summed E-state index contributed by atoms with van der Waals surface area (Å²) in [5.74, 6) is 1.39. The van der Waals surface area contributed by atoms with Gasteiger partial charge in [0.25, 0.3) is 5.91 Å². The van der Waals surface area contributed by atoms with Crippen LogP contribution in [-0.4, -0.2) is 31.2 Å². The van der Waals surface area contributed by atoms with Crippen molar-refractivity contribution < 1.29 is 14.3 Å². The minimum absolute atomic E-state index is 0.125. The number of rotatable bonds is 7. The number of aromatic nitrogens is 1. The van der Waals surface area contributed by atoms with E-state index in [9.17, 15) is 4.79 Å². The minimum atomic E-state index is -0.125. The molecule has 1 amide bonds. The van der Waals surface area contributed by atoms with Gasteiger partial charge in [0, 0.05) is 5.56 Å². The molecule has 3 aromatic rings. The van der Waals surface area contributed by atoms with E-state index in [1.54, 1.807) is 7.11 Å². The van der Waals surface area contributed by atoms with Crippen LogP contribution in [-0.2, 0) is 0 Å². The zero-order valence-corrected chi connectivity index (χ0v) is 15.5. The van der Waals surface area contributed by atoms with Crippen molar-refractivity contribution in [3.8, 4) is 22.1 Å². The van der Waals surface area contributed by atoms with Crippen molar-refractivity contribution in [1.82, 2.24) is 10.3 Å². The number of thiazole rings is 1. The molecule has 1 aromatic heterocycles. The second-order valence-electron chi connectivity index (χ2n) is 5.58. The van der Waals surface area contributed by atoms with Gasteiger partial charge in [-0.25, -0.2) is 4.98 Å². The largest absolute Gasteiger partial charge is 0.497 e. The number of carbonyl (C=O) groups is 1. The molecule has 0 spiro atoms. The number of ether oxygens (including phenoxy) is 2. The van der Waals surface area contributed by atoms with Crippen molar-refractivity contribution in [2.24, 2.45) is 0 Å². The number of hydrogen-bond donors (Lipinski definition) is 1. The van der Waals surface area contributed by atoms with Gasteiger partial charge in [0.2, 0.25) is 0 Å². The van der Waals surface area contributed by atoms with Crippen LogP contribution in [0.25, 0.3) is 10.6 Å². The number of carbonyl (C=O) groups excluding carboxylic acids is 1. The van der Waals surface area contributed by atoms with E-state index in [1.807, 2.05) is 61.5 Å². The molecule has 134 valence electrons. The number of benzene rings is 2. The van der Waals surface area contributed by atoms with E-state index < -0.39 is 0 Å². The lowest BCUT2D eigenvalue weighted by Crippen LogP contribution is -2.27. The average Bonchev–Trinajstić information content (AvgIpc) is 3.08. The number of amides is 1. The standard InChI is InChI=1S/C20H20N2O3S/c1-14-18(26-20(22-14)15-6-4-3-5-7-15)19(23)21-12-13-25-17-10-8-16(24-2)9-11-17/h3-11H,12-13H2,1-2H3,(H,21,23). The van der Waals surface area contributed by atoms with Gasteiger partial charge >= 0.3 is 0 Å². The fraction of sp³-hybridized carbons (Fsp3) is 0.200. The first-order valence-electron chi connectivity index (χ1n) is 8.25. The highest BCUT2D eigenvalue weighted by Gasteiger charge is 2.15. The SMILES string of the molecule is COc1ccc(OCCNC(=O)c2sc(-c3ccccc3)nc2C)cc1. The molecule has 0 saturated heterocycles. The van der Waals surface area contributed by atoms with Gasteiger partial charge in [0.05, 0.1) is 19.3 Å². The van der Waals surface area contributed by atoms with E-state index in [1.165, 1.54) is 11.3 Å². The van der Waals surface area contributed by atoms with Crippen molar-refractivity contribution in [3.05, 3.63) is 65.2 Å². The molecule has 0 atom stereocenters. The average molecular weight is 368 g/mol. The summed E-state index contributed by atoms with van der Waals surface area (Å²) >= 11 is 1.40. The Kier molecular flexibility index (Phi) is 5.86. The Morgan fingerprint density at radius 3 is 2.46 bits per heavy atom. The maximum Gasteiger partial charge on any atom is 0.263 e. The molecule has 3 rings (SSSR count). The second-order valence-corrected chi connectivity index (χ2v) is 6.58. The van der Waals surface area contributed by atoms with Gasteiger partial charge in [-0.3, -0.25) is 4.79 Å².